The van der Waals surface area contributed by atoms with Gasteiger partial charge in [-0.3, -0.25) is 4.89 Å². The van der Waals surface area contributed by atoms with Gasteiger partial charge in [0.25, 0.3) is 0 Å². The van der Waals surface area contributed by atoms with E-state index < -0.39 is 5.60 Å². The molecule has 1 unspecified atom stereocenters. The number of carbonyl (C=O) groups excluding carboxylic acids is 1. The maximum atomic E-state index is 12.3. The van der Waals surface area contributed by atoms with Crippen LogP contribution in [0.3, 0.4) is 0 Å². The normalized spacial score (nSPS) is 14.9. The fourth-order valence-corrected chi connectivity index (χ4v) is 2.13. The van der Waals surface area contributed by atoms with Crippen LogP contribution in [0.1, 0.15) is 88.0 Å². The van der Waals surface area contributed by atoms with E-state index in [4.69, 9.17) is 9.78 Å². The van der Waals surface area contributed by atoms with Crippen molar-refractivity contribution in [2.45, 2.75) is 93.6 Å². The van der Waals surface area contributed by atoms with Crippen LogP contribution in [0.15, 0.2) is 0 Å². The number of carbonyl (C=O) groups is 1. The second kappa shape index (κ2) is 7.62. The van der Waals surface area contributed by atoms with E-state index in [1.54, 1.807) is 0 Å². The lowest BCUT2D eigenvalue weighted by molar-refractivity contribution is -0.325. The van der Waals surface area contributed by atoms with Gasteiger partial charge in [-0.05, 0) is 44.4 Å². The molecule has 0 heterocycles. The van der Waals surface area contributed by atoms with Crippen molar-refractivity contribution >= 4 is 5.97 Å². The Balaban J connectivity index is 4.44. The molecule has 0 aromatic heterocycles. The van der Waals surface area contributed by atoms with Crippen molar-refractivity contribution in [1.29, 1.82) is 0 Å². The molecule has 0 rings (SSSR count). The van der Waals surface area contributed by atoms with Gasteiger partial charge < -0.3 is 0 Å². The minimum atomic E-state index is -0.468. The summed E-state index contributed by atoms with van der Waals surface area (Å²) in [5, 5.41) is 0. The average Bonchev–Trinajstić information content (AvgIpc) is 2.21. The fraction of sp³-hybridized carbons (Fsp3) is 0.944. The molecule has 0 aromatic carbocycles. The van der Waals surface area contributed by atoms with Crippen molar-refractivity contribution in [3.63, 3.8) is 0 Å². The molecule has 0 saturated heterocycles. The molecule has 0 saturated carbocycles. The molecule has 3 nitrogen and oxygen atoms in total. The van der Waals surface area contributed by atoms with Gasteiger partial charge in [0.2, 0.25) is 0 Å². The van der Waals surface area contributed by atoms with E-state index in [1.165, 1.54) is 6.42 Å². The summed E-state index contributed by atoms with van der Waals surface area (Å²) < 4.78 is 0. The van der Waals surface area contributed by atoms with Crippen molar-refractivity contribution in [2.24, 2.45) is 16.7 Å². The molecule has 0 aromatic rings. The van der Waals surface area contributed by atoms with E-state index >= 15 is 0 Å². The number of unbranched alkanes of at least 4 members (excludes halogenated alkanes) is 1. The van der Waals surface area contributed by atoms with Crippen molar-refractivity contribution in [2.75, 3.05) is 0 Å². The third kappa shape index (κ3) is 10.8. The van der Waals surface area contributed by atoms with Crippen LogP contribution in [-0.4, -0.2) is 11.6 Å². The maximum absolute atomic E-state index is 12.3. The van der Waals surface area contributed by atoms with Crippen LogP contribution in [0, 0.1) is 16.7 Å². The van der Waals surface area contributed by atoms with Crippen molar-refractivity contribution in [3.8, 4) is 0 Å². The van der Waals surface area contributed by atoms with Gasteiger partial charge in [-0.25, -0.2) is 4.79 Å². The van der Waals surface area contributed by atoms with Gasteiger partial charge in [-0.15, -0.1) is 0 Å². The van der Waals surface area contributed by atoms with E-state index in [2.05, 4.69) is 41.5 Å². The van der Waals surface area contributed by atoms with Crippen LogP contribution < -0.4 is 0 Å². The Morgan fingerprint density at radius 1 is 0.905 bits per heavy atom. The summed E-state index contributed by atoms with van der Waals surface area (Å²) in [6.45, 7) is 18.6. The van der Waals surface area contributed by atoms with Gasteiger partial charge in [0.05, 0.1) is 5.92 Å². The standard InChI is InChI=1S/C18H36O3/c1-16(2,3)13-11-10-12-14(17(4,5)6)15(19)20-21-18(7,8)9/h14H,10-13H2,1-9H3. The predicted octanol–water partition coefficient (Wildman–Crippen LogP) is 5.53. The van der Waals surface area contributed by atoms with Crippen molar-refractivity contribution in [1.82, 2.24) is 0 Å². The first-order valence-corrected chi connectivity index (χ1v) is 8.12. The van der Waals surface area contributed by atoms with Crippen molar-refractivity contribution < 1.29 is 14.6 Å². The molecule has 126 valence electrons. The van der Waals surface area contributed by atoms with E-state index in [0.717, 1.165) is 19.3 Å². The Bertz CT molecular complexity index is 313. The predicted molar refractivity (Wildman–Crippen MR) is 87.8 cm³/mol. The molecule has 1 atom stereocenters. The Morgan fingerprint density at radius 2 is 1.43 bits per heavy atom. The van der Waals surface area contributed by atoms with Crippen molar-refractivity contribution in [3.05, 3.63) is 0 Å². The van der Waals surface area contributed by atoms with Crippen LogP contribution in [0.2, 0.25) is 0 Å². The quantitative estimate of drug-likeness (QED) is 0.367. The number of hydrogen-bond donors (Lipinski definition) is 0. The summed E-state index contributed by atoms with van der Waals surface area (Å²) in [6.07, 6.45) is 4.22. The van der Waals surface area contributed by atoms with Crippen LogP contribution in [0.4, 0.5) is 0 Å². The SMILES string of the molecule is CC(C)(C)CCCCC(C(=O)OOC(C)(C)C)C(C)(C)C. The molecule has 0 aliphatic carbocycles. The zero-order valence-corrected chi connectivity index (χ0v) is 15.6. The van der Waals surface area contributed by atoms with Gasteiger partial charge in [-0.2, -0.15) is 4.89 Å². The lowest BCUT2D eigenvalue weighted by Crippen LogP contribution is -2.32. The molecule has 0 aliphatic heterocycles. The molecule has 0 radical (unpaired) electrons. The first-order chi connectivity index (χ1) is 9.22. The fourth-order valence-electron chi connectivity index (χ4n) is 2.13. The topological polar surface area (TPSA) is 35.5 Å². The Hall–Kier alpha value is -0.570. The molecule has 0 aliphatic rings. The smallest absolute Gasteiger partial charge is 0.297 e. The molecular formula is C18H36O3. The monoisotopic (exact) mass is 300 g/mol. The first kappa shape index (κ1) is 20.4. The van der Waals surface area contributed by atoms with Gasteiger partial charge in [-0.1, -0.05) is 54.4 Å². The van der Waals surface area contributed by atoms with Gasteiger partial charge in [0.15, 0.2) is 0 Å². The van der Waals surface area contributed by atoms with Gasteiger partial charge in [0.1, 0.15) is 5.60 Å². The van der Waals surface area contributed by atoms with Crippen LogP contribution >= 0.6 is 0 Å². The summed E-state index contributed by atoms with van der Waals surface area (Å²) in [7, 11) is 0. The molecule has 21 heavy (non-hydrogen) atoms. The molecule has 0 amide bonds. The highest BCUT2D eigenvalue weighted by Gasteiger charge is 2.33. The van der Waals surface area contributed by atoms with E-state index in [0.29, 0.717) is 5.41 Å². The Morgan fingerprint density at radius 3 is 1.81 bits per heavy atom. The lowest BCUT2D eigenvalue weighted by atomic mass is 9.77. The van der Waals surface area contributed by atoms with Crippen LogP contribution in [0.5, 0.6) is 0 Å². The summed E-state index contributed by atoms with van der Waals surface area (Å²) >= 11 is 0. The molecule has 0 N–H and O–H groups in total. The highest BCUT2D eigenvalue weighted by Crippen LogP contribution is 2.33. The second-order valence-corrected chi connectivity index (χ2v) is 9.32. The molecule has 0 bridgehead atoms. The van der Waals surface area contributed by atoms with Gasteiger partial charge in [0, 0.05) is 0 Å². The largest absolute Gasteiger partial charge is 0.345 e. The summed E-state index contributed by atoms with van der Waals surface area (Å²) in [6, 6.07) is 0. The summed E-state index contributed by atoms with van der Waals surface area (Å²) in [5.74, 6) is -0.368. The second-order valence-electron chi connectivity index (χ2n) is 9.32. The highest BCUT2D eigenvalue weighted by atomic mass is 17.2. The third-order valence-corrected chi connectivity index (χ3v) is 3.37. The molecule has 3 heteroatoms. The molecule has 0 spiro atoms. The number of rotatable bonds is 6. The lowest BCUT2D eigenvalue weighted by Gasteiger charge is -2.29. The highest BCUT2D eigenvalue weighted by molar-refractivity contribution is 5.72. The Labute approximate surface area is 131 Å². The summed E-state index contributed by atoms with van der Waals surface area (Å²) in [5.41, 5.74) is -0.225. The zero-order chi connectivity index (χ0) is 16.9. The van der Waals surface area contributed by atoms with Crippen LogP contribution in [-0.2, 0) is 14.6 Å². The molecular weight excluding hydrogens is 264 g/mol. The van der Waals surface area contributed by atoms with E-state index in [-0.39, 0.29) is 17.3 Å². The van der Waals surface area contributed by atoms with E-state index in [9.17, 15) is 4.79 Å². The maximum Gasteiger partial charge on any atom is 0.345 e. The zero-order valence-electron chi connectivity index (χ0n) is 15.6. The van der Waals surface area contributed by atoms with Gasteiger partial charge >= 0.3 is 5.97 Å². The molecule has 0 fully saturated rings. The first-order valence-electron chi connectivity index (χ1n) is 8.12. The number of hydrogen-bond acceptors (Lipinski definition) is 3. The van der Waals surface area contributed by atoms with E-state index in [1.807, 2.05) is 20.8 Å². The Kier molecular flexibility index (Phi) is 7.41. The summed E-state index contributed by atoms with van der Waals surface area (Å²) in [4.78, 5) is 22.5. The minimum absolute atomic E-state index is 0.111. The third-order valence-electron chi connectivity index (χ3n) is 3.37. The minimum Gasteiger partial charge on any atom is -0.297 e. The average molecular weight is 300 g/mol. The van der Waals surface area contributed by atoms with Crippen LogP contribution in [0.25, 0.3) is 0 Å².